The predicted molar refractivity (Wildman–Crippen MR) is 106 cm³/mol. The first kappa shape index (κ1) is 19.6. The van der Waals surface area contributed by atoms with E-state index >= 15 is 0 Å². The molecule has 0 aliphatic carbocycles. The van der Waals surface area contributed by atoms with Gasteiger partial charge in [0.05, 0.1) is 12.2 Å². The van der Waals surface area contributed by atoms with Crippen LogP contribution in [-0.4, -0.2) is 35.8 Å². The molecule has 2 amide bonds. The number of nitrogens with zero attached hydrogens (tertiary/aromatic N) is 1. The number of carbonyl (C=O) groups is 3. The molecule has 28 heavy (non-hydrogen) atoms. The zero-order valence-electron chi connectivity index (χ0n) is 16.2. The summed E-state index contributed by atoms with van der Waals surface area (Å²) in [6.45, 7) is 5.27. The normalized spacial score (nSPS) is 13.5. The highest BCUT2D eigenvalue weighted by atomic mass is 16.5. The van der Waals surface area contributed by atoms with Crippen molar-refractivity contribution in [2.24, 2.45) is 0 Å². The summed E-state index contributed by atoms with van der Waals surface area (Å²) < 4.78 is 5.01. The second-order valence-corrected chi connectivity index (χ2v) is 6.82. The molecule has 1 N–H and O–H groups in total. The summed E-state index contributed by atoms with van der Waals surface area (Å²) in [5.41, 5.74) is 3.32. The molecule has 2 aromatic rings. The summed E-state index contributed by atoms with van der Waals surface area (Å²) in [7, 11) is 0. The number of aryl methyl sites for hydroxylation is 1. The third-order valence-corrected chi connectivity index (χ3v) is 4.76. The Kier molecular flexibility index (Phi) is 6.09. The molecule has 146 valence electrons. The fourth-order valence-electron chi connectivity index (χ4n) is 3.15. The van der Waals surface area contributed by atoms with Gasteiger partial charge in [-0.2, -0.15) is 0 Å². The van der Waals surface area contributed by atoms with Gasteiger partial charge in [0.1, 0.15) is 0 Å². The van der Waals surface area contributed by atoms with Crippen LogP contribution in [-0.2, 0) is 16.1 Å². The van der Waals surface area contributed by atoms with Crippen molar-refractivity contribution in [3.05, 3.63) is 64.7 Å². The summed E-state index contributed by atoms with van der Waals surface area (Å²) in [5, 5.41) is 2.85. The van der Waals surface area contributed by atoms with E-state index in [1.54, 1.807) is 37.3 Å². The zero-order chi connectivity index (χ0) is 20.1. The molecule has 0 spiro atoms. The molecule has 0 saturated carbocycles. The molecule has 1 saturated heterocycles. The number of ether oxygens (including phenoxy) is 1. The van der Waals surface area contributed by atoms with Crippen LogP contribution in [0.1, 0.15) is 51.6 Å². The molecular weight excluding hydrogens is 356 g/mol. The molecule has 0 unspecified atom stereocenters. The van der Waals surface area contributed by atoms with E-state index in [2.05, 4.69) is 5.32 Å². The number of nitrogens with one attached hydrogen (secondary N) is 1. The molecule has 2 aromatic carbocycles. The summed E-state index contributed by atoms with van der Waals surface area (Å²) in [6, 6.07) is 12.3. The molecule has 0 atom stereocenters. The first-order valence-electron chi connectivity index (χ1n) is 9.43. The smallest absolute Gasteiger partial charge is 0.338 e. The summed E-state index contributed by atoms with van der Waals surface area (Å²) >= 11 is 0. The number of esters is 1. The minimum atomic E-state index is -0.418. The van der Waals surface area contributed by atoms with Crippen LogP contribution in [0.4, 0.5) is 5.69 Å². The SMILES string of the molecule is CCOC(=O)c1ccc(C)c(NC(=O)c2ccc(CN3CCCC3=O)cc2)c1. The van der Waals surface area contributed by atoms with Gasteiger partial charge in [0.15, 0.2) is 0 Å². The molecule has 0 aromatic heterocycles. The lowest BCUT2D eigenvalue weighted by Gasteiger charge is -2.15. The van der Waals surface area contributed by atoms with Gasteiger partial charge in [0.25, 0.3) is 5.91 Å². The number of likely N-dealkylation sites (tertiary alicyclic amines) is 1. The molecule has 1 fully saturated rings. The van der Waals surface area contributed by atoms with Crippen LogP contribution < -0.4 is 5.32 Å². The van der Waals surface area contributed by atoms with E-state index in [1.165, 1.54) is 0 Å². The van der Waals surface area contributed by atoms with Crippen molar-refractivity contribution in [1.82, 2.24) is 4.90 Å². The number of hydrogen-bond donors (Lipinski definition) is 1. The number of carbonyl (C=O) groups excluding carboxylic acids is 3. The van der Waals surface area contributed by atoms with Crippen molar-refractivity contribution in [2.75, 3.05) is 18.5 Å². The van der Waals surface area contributed by atoms with Crippen molar-refractivity contribution in [3.63, 3.8) is 0 Å². The lowest BCUT2D eigenvalue weighted by molar-refractivity contribution is -0.128. The van der Waals surface area contributed by atoms with Gasteiger partial charge in [0, 0.05) is 30.8 Å². The molecule has 1 aliphatic heterocycles. The molecule has 6 nitrogen and oxygen atoms in total. The van der Waals surface area contributed by atoms with Gasteiger partial charge in [0.2, 0.25) is 5.91 Å². The van der Waals surface area contributed by atoms with Crippen LogP contribution in [0.25, 0.3) is 0 Å². The van der Waals surface area contributed by atoms with Crippen molar-refractivity contribution >= 4 is 23.5 Å². The van der Waals surface area contributed by atoms with E-state index in [9.17, 15) is 14.4 Å². The second-order valence-electron chi connectivity index (χ2n) is 6.82. The third kappa shape index (κ3) is 4.57. The fourth-order valence-corrected chi connectivity index (χ4v) is 3.15. The Bertz CT molecular complexity index is 890. The van der Waals surface area contributed by atoms with Crippen LogP contribution >= 0.6 is 0 Å². The summed E-state index contributed by atoms with van der Waals surface area (Å²) in [6.07, 6.45) is 1.52. The molecule has 0 radical (unpaired) electrons. The number of amides is 2. The van der Waals surface area contributed by atoms with Crippen LogP contribution in [0, 0.1) is 6.92 Å². The molecule has 0 bridgehead atoms. The molecule has 1 heterocycles. The standard InChI is InChI=1S/C22H24N2O4/c1-3-28-22(27)18-9-6-15(2)19(13-18)23-21(26)17-10-7-16(8-11-17)14-24-12-4-5-20(24)25/h6-11,13H,3-5,12,14H2,1-2H3,(H,23,26). The van der Waals surface area contributed by atoms with Gasteiger partial charge < -0.3 is 15.0 Å². The minimum absolute atomic E-state index is 0.179. The lowest BCUT2D eigenvalue weighted by atomic mass is 10.1. The Labute approximate surface area is 164 Å². The van der Waals surface area contributed by atoms with Gasteiger partial charge in [-0.3, -0.25) is 9.59 Å². The number of anilines is 1. The minimum Gasteiger partial charge on any atom is -0.462 e. The molecule has 6 heteroatoms. The quantitative estimate of drug-likeness (QED) is 0.778. The summed E-state index contributed by atoms with van der Waals surface area (Å²) in [4.78, 5) is 38.1. The maximum absolute atomic E-state index is 12.6. The Morgan fingerprint density at radius 2 is 1.82 bits per heavy atom. The van der Waals surface area contributed by atoms with Crippen molar-refractivity contribution in [2.45, 2.75) is 33.2 Å². The highest BCUT2D eigenvalue weighted by Crippen LogP contribution is 2.20. The van der Waals surface area contributed by atoms with E-state index in [4.69, 9.17) is 4.74 Å². The average Bonchev–Trinajstić information content (AvgIpc) is 3.09. The van der Waals surface area contributed by atoms with Crippen LogP contribution in [0.15, 0.2) is 42.5 Å². The van der Waals surface area contributed by atoms with Crippen molar-refractivity contribution in [3.8, 4) is 0 Å². The van der Waals surface area contributed by atoms with E-state index < -0.39 is 5.97 Å². The molecule has 1 aliphatic rings. The Morgan fingerprint density at radius 3 is 2.46 bits per heavy atom. The average molecular weight is 380 g/mol. The Hall–Kier alpha value is -3.15. The first-order chi connectivity index (χ1) is 13.5. The van der Waals surface area contributed by atoms with Crippen LogP contribution in [0.5, 0.6) is 0 Å². The zero-order valence-corrected chi connectivity index (χ0v) is 16.2. The Morgan fingerprint density at radius 1 is 1.11 bits per heavy atom. The van der Waals surface area contributed by atoms with Gasteiger partial charge >= 0.3 is 5.97 Å². The monoisotopic (exact) mass is 380 g/mol. The maximum atomic E-state index is 12.6. The van der Waals surface area contributed by atoms with Gasteiger partial charge in [-0.15, -0.1) is 0 Å². The fraction of sp³-hybridized carbons (Fsp3) is 0.318. The highest BCUT2D eigenvalue weighted by molar-refractivity contribution is 6.05. The summed E-state index contributed by atoms with van der Waals surface area (Å²) in [5.74, 6) is -0.495. The maximum Gasteiger partial charge on any atom is 0.338 e. The van der Waals surface area contributed by atoms with Crippen molar-refractivity contribution < 1.29 is 19.1 Å². The lowest BCUT2D eigenvalue weighted by Crippen LogP contribution is -2.23. The predicted octanol–water partition coefficient (Wildman–Crippen LogP) is 3.55. The second kappa shape index (κ2) is 8.69. The first-order valence-corrected chi connectivity index (χ1v) is 9.43. The topological polar surface area (TPSA) is 75.7 Å². The number of benzene rings is 2. The molecular formula is C22H24N2O4. The largest absolute Gasteiger partial charge is 0.462 e. The third-order valence-electron chi connectivity index (χ3n) is 4.76. The van der Waals surface area contributed by atoms with E-state index in [1.807, 2.05) is 24.0 Å². The Balaban J connectivity index is 1.68. The number of rotatable bonds is 6. The highest BCUT2D eigenvalue weighted by Gasteiger charge is 2.20. The number of hydrogen-bond acceptors (Lipinski definition) is 4. The van der Waals surface area contributed by atoms with E-state index in [0.717, 1.165) is 24.1 Å². The van der Waals surface area contributed by atoms with Crippen LogP contribution in [0.3, 0.4) is 0 Å². The van der Waals surface area contributed by atoms with Gasteiger partial charge in [-0.25, -0.2) is 4.79 Å². The van der Waals surface area contributed by atoms with Crippen molar-refractivity contribution in [1.29, 1.82) is 0 Å². The van der Waals surface area contributed by atoms with Crippen LogP contribution in [0.2, 0.25) is 0 Å². The van der Waals surface area contributed by atoms with Gasteiger partial charge in [-0.1, -0.05) is 18.2 Å². The van der Waals surface area contributed by atoms with E-state index in [0.29, 0.717) is 36.4 Å². The van der Waals surface area contributed by atoms with E-state index in [-0.39, 0.29) is 11.8 Å². The molecule has 3 rings (SSSR count). The van der Waals surface area contributed by atoms with Gasteiger partial charge in [-0.05, 0) is 55.7 Å².